The van der Waals surface area contributed by atoms with Crippen molar-refractivity contribution in [3.63, 3.8) is 0 Å². The summed E-state index contributed by atoms with van der Waals surface area (Å²) < 4.78 is 0. The summed E-state index contributed by atoms with van der Waals surface area (Å²) in [4.78, 5) is 22.3. The molecule has 1 amide bonds. The monoisotopic (exact) mass is 371 g/mol. The Morgan fingerprint density at radius 2 is 1.64 bits per heavy atom. The lowest BCUT2D eigenvalue weighted by molar-refractivity contribution is -0.135. The first-order valence-electron chi connectivity index (χ1n) is 10.2. The second kappa shape index (κ2) is 7.02. The molecule has 1 saturated carbocycles. The Labute approximate surface area is 165 Å². The zero-order valence-corrected chi connectivity index (χ0v) is 16.1. The largest absolute Gasteiger partial charge is 0.339 e. The molecule has 0 radical (unpaired) electrons. The number of hydrogen-bond donors (Lipinski definition) is 0. The van der Waals surface area contributed by atoms with Crippen LogP contribution < -0.4 is 0 Å². The average Bonchev–Trinajstić information content (AvgIpc) is 3.57. The molecule has 0 unspecified atom stereocenters. The lowest BCUT2D eigenvalue weighted by Gasteiger charge is -2.36. The van der Waals surface area contributed by atoms with Gasteiger partial charge in [-0.3, -0.25) is 14.7 Å². The van der Waals surface area contributed by atoms with Crippen molar-refractivity contribution in [2.45, 2.75) is 24.8 Å². The van der Waals surface area contributed by atoms with Gasteiger partial charge >= 0.3 is 0 Å². The van der Waals surface area contributed by atoms with E-state index >= 15 is 0 Å². The molecule has 5 rings (SSSR count). The summed E-state index contributed by atoms with van der Waals surface area (Å²) in [6, 6.07) is 20.8. The molecule has 2 heterocycles. The minimum absolute atomic E-state index is 0.247. The number of carbonyl (C=O) groups excluding carboxylic acids is 1. The second-order valence-corrected chi connectivity index (χ2v) is 8.01. The number of para-hydroxylation sites is 1. The van der Waals surface area contributed by atoms with Gasteiger partial charge in [-0.05, 0) is 30.0 Å². The Balaban J connectivity index is 1.25. The molecule has 0 atom stereocenters. The number of pyridine rings is 1. The number of benzene rings is 2. The maximum absolute atomic E-state index is 13.2. The first-order chi connectivity index (χ1) is 13.8. The van der Waals surface area contributed by atoms with E-state index in [9.17, 15) is 4.79 Å². The number of carbonyl (C=O) groups is 1. The minimum atomic E-state index is -0.247. The predicted molar refractivity (Wildman–Crippen MR) is 111 cm³/mol. The molecule has 28 heavy (non-hydrogen) atoms. The zero-order valence-electron chi connectivity index (χ0n) is 16.1. The van der Waals surface area contributed by atoms with Crippen LogP contribution in [0, 0.1) is 0 Å². The van der Waals surface area contributed by atoms with Gasteiger partial charge < -0.3 is 4.90 Å². The highest BCUT2D eigenvalue weighted by Crippen LogP contribution is 2.49. The van der Waals surface area contributed by atoms with Crippen LogP contribution in [0.25, 0.3) is 10.9 Å². The van der Waals surface area contributed by atoms with E-state index in [4.69, 9.17) is 0 Å². The molecule has 0 bridgehead atoms. The van der Waals surface area contributed by atoms with Crippen LogP contribution in [0.15, 0.2) is 66.9 Å². The van der Waals surface area contributed by atoms with Crippen molar-refractivity contribution in [3.8, 4) is 0 Å². The molecule has 1 saturated heterocycles. The van der Waals surface area contributed by atoms with E-state index in [0.29, 0.717) is 5.91 Å². The van der Waals surface area contributed by atoms with Crippen LogP contribution in [0.2, 0.25) is 0 Å². The van der Waals surface area contributed by atoms with Gasteiger partial charge in [-0.15, -0.1) is 0 Å². The van der Waals surface area contributed by atoms with Crippen molar-refractivity contribution in [1.29, 1.82) is 0 Å². The Bertz CT molecular complexity index is 984. The van der Waals surface area contributed by atoms with Gasteiger partial charge in [0.25, 0.3) is 0 Å². The van der Waals surface area contributed by atoms with E-state index in [2.05, 4.69) is 51.2 Å². The summed E-state index contributed by atoms with van der Waals surface area (Å²) in [5, 5.41) is 1.19. The standard InChI is InChI=1S/C24H25N3O/c28-23(24(11-12-24)21-9-2-1-3-10-21)27-16-14-26(15-17-27)18-20-7-4-6-19-8-5-13-25-22(19)20/h1-10,13H,11-12,14-18H2. The second-order valence-electron chi connectivity index (χ2n) is 8.01. The van der Waals surface area contributed by atoms with E-state index in [1.807, 2.05) is 30.5 Å². The Morgan fingerprint density at radius 3 is 2.39 bits per heavy atom. The number of fused-ring (bicyclic) bond motifs is 1. The topological polar surface area (TPSA) is 36.4 Å². The van der Waals surface area contributed by atoms with E-state index in [1.54, 1.807) is 0 Å². The molecule has 1 aliphatic carbocycles. The van der Waals surface area contributed by atoms with Crippen LogP contribution in [0.4, 0.5) is 0 Å². The van der Waals surface area contributed by atoms with E-state index < -0.39 is 0 Å². The molecule has 4 nitrogen and oxygen atoms in total. The molecule has 2 aliphatic rings. The third-order valence-corrected chi connectivity index (χ3v) is 6.26. The highest BCUT2D eigenvalue weighted by Gasteiger charge is 2.53. The van der Waals surface area contributed by atoms with Gasteiger partial charge in [0.15, 0.2) is 0 Å². The number of nitrogens with zero attached hydrogens (tertiary/aromatic N) is 3. The maximum Gasteiger partial charge on any atom is 0.233 e. The van der Waals surface area contributed by atoms with Gasteiger partial charge in [0.1, 0.15) is 0 Å². The van der Waals surface area contributed by atoms with E-state index in [1.165, 1.54) is 16.5 Å². The maximum atomic E-state index is 13.2. The van der Waals surface area contributed by atoms with Crippen molar-refractivity contribution >= 4 is 16.8 Å². The first-order valence-corrected chi connectivity index (χ1v) is 10.2. The van der Waals surface area contributed by atoms with Gasteiger partial charge in [-0.2, -0.15) is 0 Å². The Kier molecular flexibility index (Phi) is 4.36. The zero-order chi connectivity index (χ0) is 19.0. The Morgan fingerprint density at radius 1 is 0.893 bits per heavy atom. The molecular weight excluding hydrogens is 346 g/mol. The molecule has 0 spiro atoms. The van der Waals surface area contributed by atoms with Crippen LogP contribution in [0.5, 0.6) is 0 Å². The molecular formula is C24H25N3O. The van der Waals surface area contributed by atoms with Gasteiger partial charge in [-0.25, -0.2) is 0 Å². The predicted octanol–water partition coefficient (Wildman–Crippen LogP) is 3.61. The molecule has 3 aromatic rings. The minimum Gasteiger partial charge on any atom is -0.339 e. The molecule has 0 N–H and O–H groups in total. The van der Waals surface area contributed by atoms with Crippen molar-refractivity contribution in [1.82, 2.24) is 14.8 Å². The van der Waals surface area contributed by atoms with Gasteiger partial charge in [0.2, 0.25) is 5.91 Å². The molecule has 2 aromatic carbocycles. The summed E-state index contributed by atoms with van der Waals surface area (Å²) in [5.74, 6) is 0.324. The van der Waals surface area contributed by atoms with Crippen LogP contribution in [0.1, 0.15) is 24.0 Å². The van der Waals surface area contributed by atoms with Crippen molar-refractivity contribution in [3.05, 3.63) is 78.0 Å². The fourth-order valence-electron chi connectivity index (χ4n) is 4.46. The van der Waals surface area contributed by atoms with E-state index in [0.717, 1.165) is 51.1 Å². The molecule has 1 aliphatic heterocycles. The van der Waals surface area contributed by atoms with Crippen molar-refractivity contribution in [2.75, 3.05) is 26.2 Å². The third kappa shape index (κ3) is 3.08. The SMILES string of the molecule is O=C(N1CCN(Cc2cccc3cccnc23)CC1)C1(c2ccccc2)CC1. The van der Waals surface area contributed by atoms with Crippen molar-refractivity contribution < 1.29 is 4.79 Å². The van der Waals surface area contributed by atoms with Crippen LogP contribution in [-0.4, -0.2) is 46.9 Å². The highest BCUT2D eigenvalue weighted by atomic mass is 16.2. The normalized spacial score (nSPS) is 18.9. The number of amides is 1. The lowest BCUT2D eigenvalue weighted by Crippen LogP contribution is -2.51. The number of aromatic nitrogens is 1. The van der Waals surface area contributed by atoms with Crippen molar-refractivity contribution in [2.24, 2.45) is 0 Å². The summed E-state index contributed by atoms with van der Waals surface area (Å²) in [6.07, 6.45) is 3.83. The van der Waals surface area contributed by atoms with Crippen LogP contribution in [-0.2, 0) is 16.8 Å². The summed E-state index contributed by atoms with van der Waals surface area (Å²) in [6.45, 7) is 4.34. The fourth-order valence-corrected chi connectivity index (χ4v) is 4.46. The molecule has 1 aromatic heterocycles. The van der Waals surface area contributed by atoms with E-state index in [-0.39, 0.29) is 5.41 Å². The lowest BCUT2D eigenvalue weighted by atomic mass is 9.94. The van der Waals surface area contributed by atoms with Gasteiger partial charge in [0.05, 0.1) is 10.9 Å². The van der Waals surface area contributed by atoms with Gasteiger partial charge in [0, 0.05) is 44.3 Å². The fraction of sp³-hybridized carbons (Fsp3) is 0.333. The summed E-state index contributed by atoms with van der Waals surface area (Å²) in [7, 11) is 0. The molecule has 2 fully saturated rings. The third-order valence-electron chi connectivity index (χ3n) is 6.26. The van der Waals surface area contributed by atoms with Crippen LogP contribution in [0.3, 0.4) is 0 Å². The first kappa shape index (κ1) is 17.4. The number of piperazine rings is 1. The molecule has 142 valence electrons. The summed E-state index contributed by atoms with van der Waals surface area (Å²) in [5.41, 5.74) is 3.29. The quantitative estimate of drug-likeness (QED) is 0.703. The van der Waals surface area contributed by atoms with Gasteiger partial charge in [-0.1, -0.05) is 54.6 Å². The highest BCUT2D eigenvalue weighted by molar-refractivity contribution is 5.91. The molecule has 4 heteroatoms. The average molecular weight is 371 g/mol. The summed E-state index contributed by atoms with van der Waals surface area (Å²) >= 11 is 0. The number of rotatable bonds is 4. The smallest absolute Gasteiger partial charge is 0.233 e. The van der Waals surface area contributed by atoms with Crippen LogP contribution >= 0.6 is 0 Å². The number of hydrogen-bond acceptors (Lipinski definition) is 3. The Hall–Kier alpha value is -2.72.